The molecule has 2 heterocycles. The molecule has 1 aliphatic heterocycles. The van der Waals surface area contributed by atoms with Gasteiger partial charge in [0.1, 0.15) is 6.26 Å². The fraction of sp³-hybridized carbons (Fsp3) is 0.438. The van der Waals surface area contributed by atoms with E-state index in [0.29, 0.717) is 10.9 Å². The van der Waals surface area contributed by atoms with E-state index in [4.69, 9.17) is 20.8 Å². The lowest BCUT2D eigenvalue weighted by Gasteiger charge is -2.34. The Morgan fingerprint density at radius 1 is 1.29 bits per heavy atom. The molecule has 3 rings (SSSR count). The molecule has 1 aromatic heterocycles. The predicted molar refractivity (Wildman–Crippen MR) is 82.2 cm³/mol. The van der Waals surface area contributed by atoms with Crippen LogP contribution in [0.15, 0.2) is 34.9 Å². The van der Waals surface area contributed by atoms with Gasteiger partial charge in [-0.25, -0.2) is 4.98 Å². The Kier molecular flexibility index (Phi) is 4.29. The van der Waals surface area contributed by atoms with Gasteiger partial charge in [0, 0.05) is 30.2 Å². The summed E-state index contributed by atoms with van der Waals surface area (Å²) in [7, 11) is 0. The summed E-state index contributed by atoms with van der Waals surface area (Å²) in [4.78, 5) is 6.90. The molecule has 5 heteroatoms. The Labute approximate surface area is 129 Å². The zero-order valence-corrected chi connectivity index (χ0v) is 13.0. The molecule has 112 valence electrons. The van der Waals surface area contributed by atoms with Gasteiger partial charge in [-0.1, -0.05) is 17.7 Å². The lowest BCUT2D eigenvalue weighted by Crippen LogP contribution is -2.44. The van der Waals surface area contributed by atoms with Crippen LogP contribution in [0.25, 0.3) is 11.5 Å². The SMILES string of the molecule is C[C@@H]1CN(Cc2coc(-c3cccc(Cl)c3)n2)C[C@H](C)O1. The fourth-order valence-electron chi connectivity index (χ4n) is 2.78. The molecular weight excluding hydrogens is 288 g/mol. The van der Waals surface area contributed by atoms with Crippen LogP contribution in [0.4, 0.5) is 0 Å². The lowest BCUT2D eigenvalue weighted by atomic mass is 10.2. The number of hydrogen-bond donors (Lipinski definition) is 0. The third kappa shape index (κ3) is 3.64. The van der Waals surface area contributed by atoms with Crippen molar-refractivity contribution in [2.24, 2.45) is 0 Å². The Morgan fingerprint density at radius 3 is 2.76 bits per heavy atom. The second-order valence-corrected chi connectivity index (χ2v) is 6.04. The summed E-state index contributed by atoms with van der Waals surface area (Å²) in [5.74, 6) is 0.613. The summed E-state index contributed by atoms with van der Waals surface area (Å²) >= 11 is 6.00. The predicted octanol–water partition coefficient (Wildman–Crippen LogP) is 3.60. The summed E-state index contributed by atoms with van der Waals surface area (Å²) in [6.07, 6.45) is 2.24. The van der Waals surface area contributed by atoms with Crippen molar-refractivity contribution in [2.45, 2.75) is 32.6 Å². The van der Waals surface area contributed by atoms with Gasteiger partial charge in [0.05, 0.1) is 17.9 Å². The van der Waals surface area contributed by atoms with Crippen LogP contribution in [-0.2, 0) is 11.3 Å². The zero-order valence-electron chi connectivity index (χ0n) is 12.3. The van der Waals surface area contributed by atoms with Crippen molar-refractivity contribution < 1.29 is 9.15 Å². The molecular formula is C16H19ClN2O2. The van der Waals surface area contributed by atoms with Crippen LogP contribution in [-0.4, -0.2) is 35.2 Å². The van der Waals surface area contributed by atoms with E-state index in [1.165, 1.54) is 0 Å². The highest BCUT2D eigenvalue weighted by Crippen LogP contribution is 2.23. The normalized spacial score (nSPS) is 23.4. The molecule has 1 fully saturated rings. The first-order chi connectivity index (χ1) is 10.1. The Balaban J connectivity index is 1.70. The van der Waals surface area contributed by atoms with Crippen molar-refractivity contribution >= 4 is 11.6 Å². The minimum absolute atomic E-state index is 0.257. The number of aromatic nitrogens is 1. The Hall–Kier alpha value is -1.36. The van der Waals surface area contributed by atoms with Gasteiger partial charge in [-0.3, -0.25) is 4.90 Å². The van der Waals surface area contributed by atoms with Gasteiger partial charge in [-0.15, -0.1) is 0 Å². The molecule has 0 spiro atoms. The van der Waals surface area contributed by atoms with Crippen molar-refractivity contribution in [2.75, 3.05) is 13.1 Å². The fourth-order valence-corrected chi connectivity index (χ4v) is 2.97. The number of halogens is 1. The summed E-state index contributed by atoms with van der Waals surface area (Å²) in [5.41, 5.74) is 1.84. The molecule has 1 aromatic carbocycles. The van der Waals surface area contributed by atoms with Crippen molar-refractivity contribution in [3.8, 4) is 11.5 Å². The summed E-state index contributed by atoms with van der Waals surface area (Å²) in [6.45, 7) is 6.82. The van der Waals surface area contributed by atoms with Crippen molar-refractivity contribution in [3.05, 3.63) is 41.2 Å². The number of morpholine rings is 1. The topological polar surface area (TPSA) is 38.5 Å². The van der Waals surface area contributed by atoms with Crippen LogP contribution in [0.3, 0.4) is 0 Å². The summed E-state index contributed by atoms with van der Waals surface area (Å²) < 4.78 is 11.3. The lowest BCUT2D eigenvalue weighted by molar-refractivity contribution is -0.0707. The molecule has 0 saturated carbocycles. The molecule has 2 aromatic rings. The van der Waals surface area contributed by atoms with Crippen LogP contribution in [0.2, 0.25) is 5.02 Å². The average molecular weight is 307 g/mol. The molecule has 21 heavy (non-hydrogen) atoms. The van der Waals surface area contributed by atoms with E-state index >= 15 is 0 Å². The maximum Gasteiger partial charge on any atom is 0.226 e. The highest BCUT2D eigenvalue weighted by atomic mass is 35.5. The average Bonchev–Trinajstić information content (AvgIpc) is 2.86. The highest BCUT2D eigenvalue weighted by molar-refractivity contribution is 6.30. The number of benzene rings is 1. The van der Waals surface area contributed by atoms with Crippen LogP contribution in [0.1, 0.15) is 19.5 Å². The second kappa shape index (κ2) is 6.18. The summed E-state index contributed by atoms with van der Waals surface area (Å²) in [6, 6.07) is 7.54. The summed E-state index contributed by atoms with van der Waals surface area (Å²) in [5, 5.41) is 0.683. The Bertz CT molecular complexity index is 604. The van der Waals surface area contributed by atoms with Crippen LogP contribution >= 0.6 is 11.6 Å². The van der Waals surface area contributed by atoms with E-state index in [1.807, 2.05) is 24.3 Å². The molecule has 4 nitrogen and oxygen atoms in total. The van der Waals surface area contributed by atoms with E-state index in [-0.39, 0.29) is 12.2 Å². The molecule has 0 unspecified atom stereocenters. The maximum atomic E-state index is 6.00. The van der Waals surface area contributed by atoms with Crippen LogP contribution in [0.5, 0.6) is 0 Å². The first-order valence-corrected chi connectivity index (χ1v) is 7.56. The van der Waals surface area contributed by atoms with Gasteiger partial charge in [-0.2, -0.15) is 0 Å². The van der Waals surface area contributed by atoms with Gasteiger partial charge in [-0.05, 0) is 32.0 Å². The number of rotatable bonds is 3. The van der Waals surface area contributed by atoms with E-state index in [0.717, 1.165) is 30.9 Å². The van der Waals surface area contributed by atoms with Crippen LogP contribution in [0, 0.1) is 0 Å². The molecule has 0 radical (unpaired) electrons. The van der Waals surface area contributed by atoms with E-state index in [2.05, 4.69) is 23.7 Å². The minimum Gasteiger partial charge on any atom is -0.444 e. The third-order valence-electron chi connectivity index (χ3n) is 3.50. The van der Waals surface area contributed by atoms with Gasteiger partial charge < -0.3 is 9.15 Å². The van der Waals surface area contributed by atoms with Crippen molar-refractivity contribution in [3.63, 3.8) is 0 Å². The van der Waals surface area contributed by atoms with Gasteiger partial charge >= 0.3 is 0 Å². The molecule has 2 atom stereocenters. The van der Waals surface area contributed by atoms with E-state index < -0.39 is 0 Å². The number of ether oxygens (including phenoxy) is 1. The smallest absolute Gasteiger partial charge is 0.226 e. The second-order valence-electron chi connectivity index (χ2n) is 5.61. The minimum atomic E-state index is 0.257. The zero-order chi connectivity index (χ0) is 14.8. The molecule has 0 bridgehead atoms. The quantitative estimate of drug-likeness (QED) is 0.868. The molecule has 0 amide bonds. The van der Waals surface area contributed by atoms with E-state index in [9.17, 15) is 0 Å². The van der Waals surface area contributed by atoms with Gasteiger partial charge in [0.15, 0.2) is 0 Å². The van der Waals surface area contributed by atoms with Crippen molar-refractivity contribution in [1.82, 2.24) is 9.88 Å². The van der Waals surface area contributed by atoms with Crippen molar-refractivity contribution in [1.29, 1.82) is 0 Å². The molecule has 0 N–H and O–H groups in total. The highest BCUT2D eigenvalue weighted by Gasteiger charge is 2.23. The number of oxazole rings is 1. The molecule has 0 aliphatic carbocycles. The standard InChI is InChI=1S/C16H19ClN2O2/c1-11-7-19(8-12(2)21-11)9-15-10-20-16(18-15)13-4-3-5-14(17)6-13/h3-6,10-12H,7-9H2,1-2H3/t11-,12+. The van der Waals surface area contributed by atoms with E-state index in [1.54, 1.807) is 6.26 Å². The number of nitrogens with zero attached hydrogens (tertiary/aromatic N) is 2. The number of hydrogen-bond acceptors (Lipinski definition) is 4. The largest absolute Gasteiger partial charge is 0.444 e. The molecule has 1 aliphatic rings. The first-order valence-electron chi connectivity index (χ1n) is 7.18. The maximum absolute atomic E-state index is 6.00. The molecule has 1 saturated heterocycles. The monoisotopic (exact) mass is 306 g/mol. The van der Waals surface area contributed by atoms with Gasteiger partial charge in [0.2, 0.25) is 5.89 Å². The Morgan fingerprint density at radius 2 is 2.05 bits per heavy atom. The first kappa shape index (κ1) is 14.6. The third-order valence-corrected chi connectivity index (χ3v) is 3.74. The van der Waals surface area contributed by atoms with Gasteiger partial charge in [0.25, 0.3) is 0 Å². The van der Waals surface area contributed by atoms with Crippen LogP contribution < -0.4 is 0 Å².